The van der Waals surface area contributed by atoms with E-state index in [-0.39, 0.29) is 18.2 Å². The van der Waals surface area contributed by atoms with Gasteiger partial charge in [0.2, 0.25) is 5.91 Å². The molecule has 1 aromatic carbocycles. The number of likely N-dealkylation sites (tertiary alicyclic amines) is 1. The molecule has 27 heavy (non-hydrogen) atoms. The van der Waals surface area contributed by atoms with Gasteiger partial charge in [0.05, 0.1) is 12.1 Å². The average molecular weight is 373 g/mol. The minimum atomic E-state index is -0.772. The normalized spacial score (nSPS) is 22.5. The molecule has 0 unspecified atom stereocenters. The number of piperidine rings is 1. The Balaban J connectivity index is 1.40. The molecule has 2 N–H and O–H groups in total. The van der Waals surface area contributed by atoms with Gasteiger partial charge >= 0.3 is 0 Å². The molecule has 1 aromatic rings. The first-order valence-electron chi connectivity index (χ1n) is 10.2. The van der Waals surface area contributed by atoms with Crippen molar-refractivity contribution in [3.63, 3.8) is 0 Å². The van der Waals surface area contributed by atoms with Gasteiger partial charge in [-0.1, -0.05) is 19.4 Å². The van der Waals surface area contributed by atoms with Crippen LogP contribution in [0.3, 0.4) is 0 Å². The van der Waals surface area contributed by atoms with Gasteiger partial charge in [0.25, 0.3) is 5.91 Å². The second-order valence-corrected chi connectivity index (χ2v) is 7.60. The Morgan fingerprint density at radius 2 is 2.22 bits per heavy atom. The van der Waals surface area contributed by atoms with Crippen LogP contribution in [0.5, 0.6) is 5.75 Å². The Bertz CT molecular complexity index is 677. The highest BCUT2D eigenvalue weighted by atomic mass is 16.5. The minimum Gasteiger partial charge on any atom is -0.478 e. The van der Waals surface area contributed by atoms with Crippen molar-refractivity contribution in [2.45, 2.75) is 64.5 Å². The predicted octanol–water partition coefficient (Wildman–Crippen LogP) is 2.86. The van der Waals surface area contributed by atoms with Gasteiger partial charge in [0, 0.05) is 19.1 Å². The molecule has 0 saturated carbocycles. The number of nitrogens with zero attached hydrogens (tertiary/aromatic N) is 1. The van der Waals surface area contributed by atoms with Crippen LogP contribution < -0.4 is 15.4 Å². The molecule has 0 spiro atoms. The van der Waals surface area contributed by atoms with Crippen molar-refractivity contribution in [2.24, 2.45) is 0 Å². The zero-order valence-corrected chi connectivity index (χ0v) is 16.4. The van der Waals surface area contributed by atoms with Gasteiger partial charge in [0.1, 0.15) is 5.75 Å². The molecule has 2 amide bonds. The van der Waals surface area contributed by atoms with E-state index in [2.05, 4.69) is 22.5 Å². The summed E-state index contributed by atoms with van der Waals surface area (Å²) in [5.74, 6) is 0.215. The standard InChI is InChI=1S/C21H31N3O3/c1-3-16-7-4-5-11-24(16)12-6-10-22-20(25)14-19-21(26)23-17-13-15(2)8-9-18(17)27-19/h8-9,13,16,19H,3-7,10-12,14H2,1-2H3,(H,22,25)(H,23,26)/t16-,19-/m0/s1. The van der Waals surface area contributed by atoms with Crippen molar-refractivity contribution in [3.05, 3.63) is 23.8 Å². The maximum absolute atomic E-state index is 12.2. The largest absolute Gasteiger partial charge is 0.478 e. The molecule has 148 valence electrons. The van der Waals surface area contributed by atoms with Crippen LogP contribution in [0.2, 0.25) is 0 Å². The lowest BCUT2D eigenvalue weighted by molar-refractivity contribution is -0.130. The van der Waals surface area contributed by atoms with Crippen LogP contribution in [0, 0.1) is 6.92 Å². The SMILES string of the molecule is CC[C@H]1CCCCN1CCCNC(=O)C[C@@H]1Oc2ccc(C)cc2NC1=O. The van der Waals surface area contributed by atoms with Crippen molar-refractivity contribution in [3.8, 4) is 5.75 Å². The first kappa shape index (κ1) is 19.7. The number of hydrogen-bond donors (Lipinski definition) is 2. The molecular formula is C21H31N3O3. The van der Waals surface area contributed by atoms with E-state index in [4.69, 9.17) is 4.74 Å². The fourth-order valence-electron chi connectivity index (χ4n) is 3.97. The van der Waals surface area contributed by atoms with Crippen LogP contribution in [0.1, 0.15) is 51.0 Å². The molecule has 2 aliphatic rings. The monoisotopic (exact) mass is 373 g/mol. The van der Waals surface area contributed by atoms with E-state index in [1.54, 1.807) is 0 Å². The Morgan fingerprint density at radius 1 is 1.37 bits per heavy atom. The van der Waals surface area contributed by atoms with Crippen LogP contribution in [0.25, 0.3) is 0 Å². The third kappa shape index (κ3) is 5.22. The molecule has 0 bridgehead atoms. The van der Waals surface area contributed by atoms with E-state index >= 15 is 0 Å². The number of carbonyl (C=O) groups is 2. The smallest absolute Gasteiger partial charge is 0.266 e. The maximum atomic E-state index is 12.2. The van der Waals surface area contributed by atoms with E-state index in [0.29, 0.717) is 24.0 Å². The van der Waals surface area contributed by atoms with Crippen molar-refractivity contribution in [1.82, 2.24) is 10.2 Å². The Morgan fingerprint density at radius 3 is 3.04 bits per heavy atom. The summed E-state index contributed by atoms with van der Waals surface area (Å²) < 4.78 is 5.72. The van der Waals surface area contributed by atoms with Gasteiger partial charge in [-0.3, -0.25) is 9.59 Å². The lowest BCUT2D eigenvalue weighted by atomic mass is 10.00. The maximum Gasteiger partial charge on any atom is 0.266 e. The fraction of sp³-hybridized carbons (Fsp3) is 0.619. The second-order valence-electron chi connectivity index (χ2n) is 7.60. The molecule has 1 fully saturated rings. The summed E-state index contributed by atoms with van der Waals surface area (Å²) in [5, 5.41) is 5.76. The average Bonchev–Trinajstić information content (AvgIpc) is 2.66. The quantitative estimate of drug-likeness (QED) is 0.721. The first-order valence-corrected chi connectivity index (χ1v) is 10.2. The number of nitrogens with one attached hydrogen (secondary N) is 2. The Kier molecular flexibility index (Phi) is 6.72. The van der Waals surface area contributed by atoms with Gasteiger partial charge in [-0.05, 0) is 56.8 Å². The van der Waals surface area contributed by atoms with Crippen LogP contribution in [0.15, 0.2) is 18.2 Å². The highest BCUT2D eigenvalue weighted by Crippen LogP contribution is 2.31. The van der Waals surface area contributed by atoms with Crippen molar-refractivity contribution < 1.29 is 14.3 Å². The fourth-order valence-corrected chi connectivity index (χ4v) is 3.97. The summed E-state index contributed by atoms with van der Waals surface area (Å²) in [5.41, 5.74) is 1.72. The number of anilines is 1. The number of amides is 2. The number of rotatable bonds is 7. The molecule has 6 heteroatoms. The molecule has 0 radical (unpaired) electrons. The number of hydrogen-bond acceptors (Lipinski definition) is 4. The lowest BCUT2D eigenvalue weighted by Gasteiger charge is -2.35. The summed E-state index contributed by atoms with van der Waals surface area (Å²) in [4.78, 5) is 26.9. The van der Waals surface area contributed by atoms with Gasteiger partial charge in [-0.2, -0.15) is 0 Å². The van der Waals surface area contributed by atoms with Gasteiger partial charge in [-0.15, -0.1) is 0 Å². The second kappa shape index (κ2) is 9.22. The molecular weight excluding hydrogens is 342 g/mol. The van der Waals surface area contributed by atoms with E-state index in [1.807, 2.05) is 25.1 Å². The van der Waals surface area contributed by atoms with Crippen molar-refractivity contribution >= 4 is 17.5 Å². The molecule has 2 aliphatic heterocycles. The van der Waals surface area contributed by atoms with Crippen molar-refractivity contribution in [2.75, 3.05) is 25.0 Å². The third-order valence-electron chi connectivity index (χ3n) is 5.49. The molecule has 1 saturated heterocycles. The van der Waals surface area contributed by atoms with E-state index in [0.717, 1.165) is 18.5 Å². The summed E-state index contributed by atoms with van der Waals surface area (Å²) in [6.07, 6.45) is 5.30. The minimum absolute atomic E-state index is 0.0421. The first-order chi connectivity index (χ1) is 13.1. The third-order valence-corrected chi connectivity index (χ3v) is 5.49. The Labute approximate surface area is 161 Å². The summed E-state index contributed by atoms with van der Waals surface area (Å²) in [6.45, 7) is 7.03. The number of fused-ring (bicyclic) bond motifs is 1. The number of benzene rings is 1. The van der Waals surface area contributed by atoms with E-state index < -0.39 is 6.10 Å². The molecule has 0 aromatic heterocycles. The van der Waals surface area contributed by atoms with Crippen molar-refractivity contribution in [1.29, 1.82) is 0 Å². The van der Waals surface area contributed by atoms with Gasteiger partial charge in [0.15, 0.2) is 6.10 Å². The number of carbonyl (C=O) groups excluding carboxylic acids is 2. The molecule has 2 heterocycles. The summed E-state index contributed by atoms with van der Waals surface area (Å²) in [6, 6.07) is 6.32. The molecule has 0 aliphatic carbocycles. The molecule has 3 rings (SSSR count). The predicted molar refractivity (Wildman–Crippen MR) is 106 cm³/mol. The van der Waals surface area contributed by atoms with E-state index in [1.165, 1.54) is 32.2 Å². The van der Waals surface area contributed by atoms with Crippen LogP contribution in [-0.2, 0) is 9.59 Å². The van der Waals surface area contributed by atoms with E-state index in [9.17, 15) is 9.59 Å². The highest BCUT2D eigenvalue weighted by Gasteiger charge is 2.29. The van der Waals surface area contributed by atoms with Crippen LogP contribution >= 0.6 is 0 Å². The van der Waals surface area contributed by atoms with Crippen LogP contribution in [-0.4, -0.2) is 48.5 Å². The summed E-state index contributed by atoms with van der Waals surface area (Å²) in [7, 11) is 0. The topological polar surface area (TPSA) is 70.7 Å². The number of aryl methyl sites for hydroxylation is 1. The van der Waals surface area contributed by atoms with Gasteiger partial charge in [-0.25, -0.2) is 0 Å². The molecule has 6 nitrogen and oxygen atoms in total. The Hall–Kier alpha value is -2.08. The zero-order chi connectivity index (χ0) is 19.2. The van der Waals surface area contributed by atoms with Gasteiger partial charge < -0.3 is 20.3 Å². The lowest BCUT2D eigenvalue weighted by Crippen LogP contribution is -2.42. The molecule has 2 atom stereocenters. The number of ether oxygens (including phenoxy) is 1. The highest BCUT2D eigenvalue weighted by molar-refractivity contribution is 6.00. The summed E-state index contributed by atoms with van der Waals surface area (Å²) >= 11 is 0. The zero-order valence-electron chi connectivity index (χ0n) is 16.4. The van der Waals surface area contributed by atoms with Crippen LogP contribution in [0.4, 0.5) is 5.69 Å².